The summed E-state index contributed by atoms with van der Waals surface area (Å²) in [6.45, 7) is 3.82. The molecule has 0 radical (unpaired) electrons. The van der Waals surface area contributed by atoms with Crippen LogP contribution in [0, 0.1) is 6.92 Å². The van der Waals surface area contributed by atoms with Gasteiger partial charge in [0.25, 0.3) is 0 Å². The molecule has 134 valence electrons. The second-order valence-corrected chi connectivity index (χ2v) is 6.54. The first-order valence-electron chi connectivity index (χ1n) is 8.35. The first-order chi connectivity index (χ1) is 11.9. The van der Waals surface area contributed by atoms with Crippen molar-refractivity contribution in [1.82, 2.24) is 0 Å². The Morgan fingerprint density at radius 2 is 2.12 bits per heavy atom. The quantitative estimate of drug-likeness (QED) is 0.630. The molecule has 2 aliphatic rings. The third kappa shape index (κ3) is 3.48. The Hall–Kier alpha value is -2.50. The van der Waals surface area contributed by atoms with E-state index < -0.39 is 5.97 Å². The minimum atomic E-state index is -0.520. The third-order valence-corrected chi connectivity index (χ3v) is 4.55. The topological polar surface area (TPSA) is 82.1 Å². The maximum Gasteiger partial charge on any atom is 0.342 e. The monoisotopic (exact) mass is 346 g/mol. The number of methoxy groups -OCH3 is 1. The van der Waals surface area contributed by atoms with Crippen LogP contribution in [0.1, 0.15) is 53.2 Å². The molecule has 1 aliphatic heterocycles. The smallest absolute Gasteiger partial charge is 0.342 e. The number of allylic oxidation sites excluding steroid dienone is 1. The Kier molecular flexibility index (Phi) is 4.70. The van der Waals surface area contributed by atoms with Crippen LogP contribution in [-0.4, -0.2) is 30.3 Å². The zero-order valence-electron chi connectivity index (χ0n) is 14.7. The molecule has 1 aliphatic carbocycles. The highest BCUT2D eigenvalue weighted by Gasteiger charge is 2.32. The van der Waals surface area contributed by atoms with Crippen LogP contribution >= 0.6 is 0 Å². The maximum absolute atomic E-state index is 11.9. The molecule has 0 saturated heterocycles. The summed E-state index contributed by atoms with van der Waals surface area (Å²) in [5.74, 6) is -0.321. The van der Waals surface area contributed by atoms with Crippen LogP contribution in [-0.2, 0) is 27.3 Å². The highest BCUT2D eigenvalue weighted by atomic mass is 16.5. The van der Waals surface area contributed by atoms with Gasteiger partial charge in [-0.25, -0.2) is 4.79 Å². The number of phenolic OH excluding ortho intramolecular Hbond substituents is 1. The molecule has 0 spiro atoms. The predicted octanol–water partition coefficient (Wildman–Crippen LogP) is 2.96. The first-order valence-corrected chi connectivity index (χ1v) is 8.35. The minimum Gasteiger partial charge on any atom is -0.507 e. The lowest BCUT2D eigenvalue weighted by atomic mass is 9.95. The Bertz CT molecular complexity index is 758. The lowest BCUT2D eigenvalue weighted by molar-refractivity contribution is -0.144. The molecule has 0 bridgehead atoms. The molecule has 3 rings (SSSR count). The number of hydrogen-bond donors (Lipinski definition) is 1. The second-order valence-electron chi connectivity index (χ2n) is 6.54. The van der Waals surface area contributed by atoms with Crippen molar-refractivity contribution in [2.24, 2.45) is 0 Å². The normalized spacial score (nSPS) is 16.4. The number of ether oxygens (including phenoxy) is 3. The van der Waals surface area contributed by atoms with Crippen LogP contribution in [0.15, 0.2) is 11.6 Å². The number of fused-ring (bicyclic) bond motifs is 1. The van der Waals surface area contributed by atoms with Crippen molar-refractivity contribution >= 4 is 11.9 Å². The number of phenols is 1. The van der Waals surface area contributed by atoms with Crippen LogP contribution in [0.4, 0.5) is 0 Å². The summed E-state index contributed by atoms with van der Waals surface area (Å²) in [5, 5.41) is 10.5. The summed E-state index contributed by atoms with van der Waals surface area (Å²) >= 11 is 0. The number of cyclic esters (lactones) is 1. The lowest BCUT2D eigenvalue weighted by Gasteiger charge is -2.15. The number of carbonyl (C=O) groups excluding carboxylic acids is 2. The Labute approximate surface area is 146 Å². The van der Waals surface area contributed by atoms with E-state index in [2.05, 4.69) is 0 Å². The summed E-state index contributed by atoms with van der Waals surface area (Å²) in [4.78, 5) is 23.6. The van der Waals surface area contributed by atoms with Gasteiger partial charge in [0.05, 0.1) is 13.5 Å². The summed E-state index contributed by atoms with van der Waals surface area (Å²) < 4.78 is 15.7. The predicted molar refractivity (Wildman–Crippen MR) is 89.7 cm³/mol. The summed E-state index contributed by atoms with van der Waals surface area (Å²) in [7, 11) is 1.53. The number of esters is 2. The molecular formula is C19H22O6. The van der Waals surface area contributed by atoms with E-state index in [0.717, 1.165) is 24.0 Å². The SMILES string of the molecule is COc1c(C)c2c(c(O)c1CC=C(C)CC(=O)OC1CC1)C(=O)OC2. The number of aromatic hydroxyl groups is 1. The largest absolute Gasteiger partial charge is 0.507 e. The fraction of sp³-hybridized carbons (Fsp3) is 0.474. The van der Waals surface area contributed by atoms with Crippen molar-refractivity contribution < 1.29 is 28.9 Å². The highest BCUT2D eigenvalue weighted by Crippen LogP contribution is 2.42. The van der Waals surface area contributed by atoms with Gasteiger partial charge in [-0.15, -0.1) is 0 Å². The number of hydrogen-bond acceptors (Lipinski definition) is 6. The zero-order valence-corrected chi connectivity index (χ0v) is 14.7. The summed E-state index contributed by atoms with van der Waals surface area (Å²) in [6, 6.07) is 0. The van der Waals surface area contributed by atoms with Crippen molar-refractivity contribution in [3.8, 4) is 11.5 Å². The minimum absolute atomic E-state index is 0.0924. The van der Waals surface area contributed by atoms with Gasteiger partial charge >= 0.3 is 11.9 Å². The van der Waals surface area contributed by atoms with E-state index in [0.29, 0.717) is 23.3 Å². The highest BCUT2D eigenvalue weighted by molar-refractivity contribution is 5.98. The molecule has 1 aromatic carbocycles. The lowest BCUT2D eigenvalue weighted by Crippen LogP contribution is -2.06. The van der Waals surface area contributed by atoms with E-state index in [1.54, 1.807) is 0 Å². The average Bonchev–Trinajstić information content (AvgIpc) is 3.28. The molecule has 1 N–H and O–H groups in total. The molecule has 1 saturated carbocycles. The van der Waals surface area contributed by atoms with E-state index >= 15 is 0 Å². The standard InChI is InChI=1S/C19H22O6/c1-10(8-15(20)25-12-5-6-12)4-7-13-17(21)16-14(9-24-19(16)22)11(2)18(13)23-3/h4,12,21H,5-9H2,1-3H3. The Morgan fingerprint density at radius 1 is 1.40 bits per heavy atom. The fourth-order valence-electron chi connectivity index (χ4n) is 3.02. The van der Waals surface area contributed by atoms with Crippen LogP contribution in [0.25, 0.3) is 0 Å². The zero-order chi connectivity index (χ0) is 18.1. The number of rotatable bonds is 6. The van der Waals surface area contributed by atoms with Crippen molar-refractivity contribution in [2.75, 3.05) is 7.11 Å². The van der Waals surface area contributed by atoms with Crippen LogP contribution in [0.2, 0.25) is 0 Å². The molecule has 0 atom stereocenters. The third-order valence-electron chi connectivity index (χ3n) is 4.55. The molecule has 6 heteroatoms. The van der Waals surface area contributed by atoms with Gasteiger partial charge in [0.2, 0.25) is 0 Å². The molecule has 0 aromatic heterocycles. The fourth-order valence-corrected chi connectivity index (χ4v) is 3.02. The van der Waals surface area contributed by atoms with Gasteiger partial charge in [-0.1, -0.05) is 11.6 Å². The van der Waals surface area contributed by atoms with Crippen LogP contribution in [0.3, 0.4) is 0 Å². The number of carbonyl (C=O) groups is 2. The first kappa shape index (κ1) is 17.3. The summed E-state index contributed by atoms with van der Waals surface area (Å²) in [6.07, 6.45) is 4.39. The van der Waals surface area contributed by atoms with Gasteiger partial charge in [0.15, 0.2) is 0 Å². The molecule has 1 aromatic rings. The maximum atomic E-state index is 11.9. The van der Waals surface area contributed by atoms with Gasteiger partial charge in [-0.3, -0.25) is 4.79 Å². The van der Waals surface area contributed by atoms with E-state index in [1.807, 2.05) is 19.9 Å². The second kappa shape index (κ2) is 6.78. The summed E-state index contributed by atoms with van der Waals surface area (Å²) in [5.41, 5.74) is 3.03. The Balaban J connectivity index is 1.82. The van der Waals surface area contributed by atoms with Gasteiger partial charge in [-0.2, -0.15) is 0 Å². The number of benzene rings is 1. The van der Waals surface area contributed by atoms with Crippen LogP contribution < -0.4 is 4.74 Å². The van der Waals surface area contributed by atoms with E-state index in [-0.39, 0.29) is 36.4 Å². The molecule has 6 nitrogen and oxygen atoms in total. The van der Waals surface area contributed by atoms with Gasteiger partial charge < -0.3 is 19.3 Å². The molecular weight excluding hydrogens is 324 g/mol. The molecule has 0 unspecified atom stereocenters. The Morgan fingerprint density at radius 3 is 2.76 bits per heavy atom. The van der Waals surface area contributed by atoms with Gasteiger partial charge in [0, 0.05) is 11.1 Å². The van der Waals surface area contributed by atoms with E-state index in [4.69, 9.17) is 14.2 Å². The molecule has 1 heterocycles. The van der Waals surface area contributed by atoms with E-state index in [1.165, 1.54) is 7.11 Å². The van der Waals surface area contributed by atoms with Crippen molar-refractivity contribution in [3.63, 3.8) is 0 Å². The van der Waals surface area contributed by atoms with Crippen molar-refractivity contribution in [2.45, 2.75) is 52.2 Å². The average molecular weight is 346 g/mol. The van der Waals surface area contributed by atoms with Gasteiger partial charge in [0.1, 0.15) is 29.8 Å². The van der Waals surface area contributed by atoms with Crippen molar-refractivity contribution in [3.05, 3.63) is 33.9 Å². The van der Waals surface area contributed by atoms with Gasteiger partial charge in [-0.05, 0) is 38.7 Å². The molecule has 1 fully saturated rings. The van der Waals surface area contributed by atoms with Crippen molar-refractivity contribution in [1.29, 1.82) is 0 Å². The van der Waals surface area contributed by atoms with E-state index in [9.17, 15) is 14.7 Å². The van der Waals surface area contributed by atoms with Crippen LogP contribution in [0.5, 0.6) is 11.5 Å². The molecule has 25 heavy (non-hydrogen) atoms. The molecule has 0 amide bonds.